The minimum atomic E-state index is -0.290. The zero-order valence-electron chi connectivity index (χ0n) is 16.4. The number of nitrogens with one attached hydrogen (secondary N) is 4. The van der Waals surface area contributed by atoms with E-state index in [1.165, 1.54) is 0 Å². The SMILES string of the molecule is CC(C)CC(=O)NCC(CNC(=O)CCNCCc1cnc[nH]1)OCCN. The van der Waals surface area contributed by atoms with Crippen LogP contribution in [0, 0.1) is 5.92 Å². The molecule has 0 aliphatic rings. The molecule has 1 aromatic rings. The van der Waals surface area contributed by atoms with Crippen molar-refractivity contribution in [3.63, 3.8) is 0 Å². The van der Waals surface area contributed by atoms with Crippen molar-refractivity contribution in [2.75, 3.05) is 39.3 Å². The first-order chi connectivity index (χ1) is 13.0. The lowest BCUT2D eigenvalue weighted by Crippen LogP contribution is -2.42. The van der Waals surface area contributed by atoms with Crippen LogP contribution in [-0.4, -0.2) is 67.2 Å². The summed E-state index contributed by atoms with van der Waals surface area (Å²) in [4.78, 5) is 30.7. The molecule has 27 heavy (non-hydrogen) atoms. The maximum atomic E-state index is 12.0. The summed E-state index contributed by atoms with van der Waals surface area (Å²) in [5, 5.41) is 8.91. The Morgan fingerprint density at radius 3 is 2.59 bits per heavy atom. The number of H-pyrrole nitrogens is 1. The van der Waals surface area contributed by atoms with Crippen LogP contribution < -0.4 is 21.7 Å². The lowest BCUT2D eigenvalue weighted by molar-refractivity contribution is -0.122. The Kier molecular flexibility index (Phi) is 12.1. The lowest BCUT2D eigenvalue weighted by Gasteiger charge is -2.19. The number of aromatic amines is 1. The van der Waals surface area contributed by atoms with Crippen LogP contribution in [0.3, 0.4) is 0 Å². The van der Waals surface area contributed by atoms with Crippen molar-refractivity contribution >= 4 is 11.8 Å². The molecule has 1 unspecified atom stereocenters. The van der Waals surface area contributed by atoms with Crippen molar-refractivity contribution in [2.24, 2.45) is 11.7 Å². The van der Waals surface area contributed by atoms with Gasteiger partial charge in [-0.05, 0) is 5.92 Å². The van der Waals surface area contributed by atoms with E-state index < -0.39 is 0 Å². The number of hydrogen-bond acceptors (Lipinski definition) is 6. The van der Waals surface area contributed by atoms with E-state index in [0.717, 1.165) is 18.7 Å². The molecule has 2 amide bonds. The fourth-order valence-corrected chi connectivity index (χ4v) is 2.38. The third-order valence-corrected chi connectivity index (χ3v) is 3.77. The highest BCUT2D eigenvalue weighted by Gasteiger charge is 2.13. The normalized spacial score (nSPS) is 12.1. The molecule has 0 saturated carbocycles. The van der Waals surface area contributed by atoms with E-state index in [4.69, 9.17) is 10.5 Å². The van der Waals surface area contributed by atoms with Gasteiger partial charge >= 0.3 is 0 Å². The Labute approximate surface area is 161 Å². The number of carbonyl (C=O) groups is 2. The number of hydrogen-bond donors (Lipinski definition) is 5. The van der Waals surface area contributed by atoms with Crippen molar-refractivity contribution in [1.29, 1.82) is 0 Å². The highest BCUT2D eigenvalue weighted by Crippen LogP contribution is 1.98. The number of carbonyl (C=O) groups excluding carboxylic acids is 2. The van der Waals surface area contributed by atoms with E-state index in [1.54, 1.807) is 12.5 Å². The van der Waals surface area contributed by atoms with E-state index in [2.05, 4.69) is 25.9 Å². The summed E-state index contributed by atoms with van der Waals surface area (Å²) in [5.74, 6) is 0.229. The van der Waals surface area contributed by atoms with E-state index in [-0.39, 0.29) is 17.9 Å². The van der Waals surface area contributed by atoms with Crippen LogP contribution in [0.5, 0.6) is 0 Å². The molecule has 1 heterocycles. The van der Waals surface area contributed by atoms with Crippen molar-refractivity contribution in [2.45, 2.75) is 39.2 Å². The summed E-state index contributed by atoms with van der Waals surface area (Å²) in [6.45, 7) is 6.83. The van der Waals surface area contributed by atoms with E-state index in [1.807, 2.05) is 13.8 Å². The Hall–Kier alpha value is -1.97. The number of imidazole rings is 1. The number of ether oxygens (including phenoxy) is 1. The van der Waals surface area contributed by atoms with Gasteiger partial charge in [-0.2, -0.15) is 0 Å². The maximum Gasteiger partial charge on any atom is 0.221 e. The smallest absolute Gasteiger partial charge is 0.221 e. The Morgan fingerprint density at radius 1 is 1.22 bits per heavy atom. The van der Waals surface area contributed by atoms with Crippen LogP contribution in [0.15, 0.2) is 12.5 Å². The summed E-state index contributed by atoms with van der Waals surface area (Å²) in [5.41, 5.74) is 6.53. The second-order valence-corrected chi connectivity index (χ2v) is 6.81. The second-order valence-electron chi connectivity index (χ2n) is 6.81. The molecule has 0 aliphatic heterocycles. The van der Waals surface area contributed by atoms with Gasteiger partial charge in [0.25, 0.3) is 0 Å². The predicted molar refractivity (Wildman–Crippen MR) is 104 cm³/mol. The molecule has 0 aromatic carbocycles. The molecule has 1 atom stereocenters. The fraction of sp³-hybridized carbons (Fsp3) is 0.722. The molecule has 0 bridgehead atoms. The van der Waals surface area contributed by atoms with Gasteiger partial charge in [0, 0.05) is 63.9 Å². The van der Waals surface area contributed by atoms with Gasteiger partial charge in [0.15, 0.2) is 0 Å². The van der Waals surface area contributed by atoms with Crippen molar-refractivity contribution in [3.05, 3.63) is 18.2 Å². The average Bonchev–Trinajstić information content (AvgIpc) is 3.13. The number of amides is 2. The van der Waals surface area contributed by atoms with Crippen LogP contribution in [0.2, 0.25) is 0 Å². The fourth-order valence-electron chi connectivity index (χ4n) is 2.38. The molecule has 9 nitrogen and oxygen atoms in total. The third-order valence-electron chi connectivity index (χ3n) is 3.77. The molecular weight excluding hydrogens is 348 g/mol. The van der Waals surface area contributed by atoms with Crippen LogP contribution in [0.1, 0.15) is 32.4 Å². The molecule has 6 N–H and O–H groups in total. The first-order valence-electron chi connectivity index (χ1n) is 9.54. The molecule has 9 heteroatoms. The van der Waals surface area contributed by atoms with E-state index >= 15 is 0 Å². The molecule has 0 spiro atoms. The first kappa shape index (κ1) is 23.1. The largest absolute Gasteiger partial charge is 0.373 e. The van der Waals surface area contributed by atoms with Crippen LogP contribution in [0.25, 0.3) is 0 Å². The Bertz CT molecular complexity index is 521. The predicted octanol–water partition coefficient (Wildman–Crippen LogP) is -0.446. The molecule has 0 aliphatic carbocycles. The maximum absolute atomic E-state index is 12.0. The van der Waals surface area contributed by atoms with E-state index in [9.17, 15) is 9.59 Å². The van der Waals surface area contributed by atoms with Crippen LogP contribution >= 0.6 is 0 Å². The molecule has 0 saturated heterocycles. The van der Waals surface area contributed by atoms with Crippen molar-refractivity contribution in [3.8, 4) is 0 Å². The van der Waals surface area contributed by atoms with Crippen LogP contribution in [0.4, 0.5) is 0 Å². The molecule has 0 radical (unpaired) electrons. The summed E-state index contributed by atoms with van der Waals surface area (Å²) in [6, 6.07) is 0. The topological polar surface area (TPSA) is 134 Å². The average molecular weight is 383 g/mol. The summed E-state index contributed by atoms with van der Waals surface area (Å²) in [6.07, 6.45) is 4.84. The van der Waals surface area contributed by atoms with Gasteiger partial charge < -0.3 is 31.4 Å². The number of rotatable bonds is 15. The lowest BCUT2D eigenvalue weighted by atomic mass is 10.1. The Balaban J connectivity index is 2.17. The van der Waals surface area contributed by atoms with E-state index in [0.29, 0.717) is 51.5 Å². The van der Waals surface area contributed by atoms with Gasteiger partial charge in [0.1, 0.15) is 0 Å². The highest BCUT2D eigenvalue weighted by atomic mass is 16.5. The zero-order valence-corrected chi connectivity index (χ0v) is 16.4. The summed E-state index contributed by atoms with van der Waals surface area (Å²) >= 11 is 0. The third kappa shape index (κ3) is 12.1. The minimum absolute atomic E-state index is 0.0147. The van der Waals surface area contributed by atoms with Gasteiger partial charge in [-0.1, -0.05) is 13.8 Å². The van der Waals surface area contributed by atoms with Gasteiger partial charge in [0.05, 0.1) is 19.0 Å². The summed E-state index contributed by atoms with van der Waals surface area (Å²) in [7, 11) is 0. The summed E-state index contributed by atoms with van der Waals surface area (Å²) < 4.78 is 5.60. The minimum Gasteiger partial charge on any atom is -0.373 e. The second kappa shape index (κ2) is 14.1. The van der Waals surface area contributed by atoms with Gasteiger partial charge in [0.2, 0.25) is 11.8 Å². The first-order valence-corrected chi connectivity index (χ1v) is 9.54. The Morgan fingerprint density at radius 2 is 1.96 bits per heavy atom. The number of nitrogens with two attached hydrogens (primary N) is 1. The van der Waals surface area contributed by atoms with Gasteiger partial charge in [-0.3, -0.25) is 9.59 Å². The van der Waals surface area contributed by atoms with Crippen molar-refractivity contribution in [1.82, 2.24) is 25.9 Å². The molecular formula is C18H34N6O3. The molecule has 0 fully saturated rings. The highest BCUT2D eigenvalue weighted by molar-refractivity contribution is 5.76. The van der Waals surface area contributed by atoms with Crippen molar-refractivity contribution < 1.29 is 14.3 Å². The van der Waals surface area contributed by atoms with Crippen LogP contribution in [-0.2, 0) is 20.7 Å². The molecule has 1 aromatic heterocycles. The zero-order chi connectivity index (χ0) is 19.9. The van der Waals surface area contributed by atoms with Gasteiger partial charge in [-0.25, -0.2) is 4.98 Å². The quantitative estimate of drug-likeness (QED) is 0.261. The molecule has 154 valence electrons. The standard InChI is InChI=1S/C18H34N6O3/c1-14(2)9-18(26)23-12-16(27-8-5-19)11-22-17(25)4-7-20-6-3-15-10-21-13-24-15/h10,13-14,16,20H,3-9,11-12,19H2,1-2H3,(H,21,24)(H,22,25)(H,23,26). The molecule has 1 rings (SSSR count). The number of nitrogens with zero attached hydrogens (tertiary/aromatic N) is 1. The number of aromatic nitrogens is 2. The van der Waals surface area contributed by atoms with Gasteiger partial charge in [-0.15, -0.1) is 0 Å². The monoisotopic (exact) mass is 382 g/mol.